The lowest BCUT2D eigenvalue weighted by molar-refractivity contribution is -0.142. The number of aliphatic hydroxyl groups is 1. The van der Waals surface area contributed by atoms with Gasteiger partial charge in [-0.3, -0.25) is 4.79 Å². The second kappa shape index (κ2) is 9.89. The quantitative estimate of drug-likeness (QED) is 0.376. The minimum absolute atomic E-state index is 0.0991. The second-order valence-electron chi connectivity index (χ2n) is 12.1. The van der Waals surface area contributed by atoms with E-state index in [-0.39, 0.29) is 17.4 Å². The van der Waals surface area contributed by atoms with E-state index in [1.54, 1.807) is 30.3 Å². The van der Waals surface area contributed by atoms with Gasteiger partial charge in [0.1, 0.15) is 5.60 Å². The van der Waals surface area contributed by atoms with Crippen molar-refractivity contribution in [1.29, 1.82) is 0 Å². The molecule has 0 unspecified atom stereocenters. The molecule has 3 fully saturated rings. The number of hydrogen-bond donors (Lipinski definition) is 3. The van der Waals surface area contributed by atoms with Crippen LogP contribution in [-0.2, 0) is 14.4 Å². The molecule has 5 rings (SSSR count). The van der Waals surface area contributed by atoms with E-state index in [1.165, 1.54) is 5.57 Å². The van der Waals surface area contributed by atoms with E-state index in [0.29, 0.717) is 29.7 Å². The maximum Gasteiger partial charge on any atom is 0.330 e. The van der Waals surface area contributed by atoms with Gasteiger partial charge in [-0.15, -0.1) is 6.42 Å². The zero-order chi connectivity index (χ0) is 27.1. The van der Waals surface area contributed by atoms with E-state index in [4.69, 9.17) is 11.3 Å². The number of allylic oxidation sites excluding steroid dienone is 2. The lowest BCUT2D eigenvalue weighted by Crippen LogP contribution is -2.54. The number of carboxylic acid groups (broad SMARTS) is 1. The van der Waals surface area contributed by atoms with Crippen molar-refractivity contribution in [3.63, 3.8) is 0 Å². The summed E-state index contributed by atoms with van der Waals surface area (Å²) < 4.78 is 0. The number of rotatable bonds is 6. The summed E-state index contributed by atoms with van der Waals surface area (Å²) in [5.74, 6) is 2.69. The Balaban J connectivity index is 1.22. The Bertz CT molecular complexity index is 1200. The zero-order valence-corrected chi connectivity index (χ0v) is 22.3. The fraction of sp³-hybridized carbons (Fsp3) is 0.581. The van der Waals surface area contributed by atoms with Crippen molar-refractivity contribution in [2.24, 2.45) is 33.7 Å². The molecule has 0 aliphatic heterocycles. The van der Waals surface area contributed by atoms with Crippen LogP contribution in [0.4, 0.5) is 0 Å². The van der Waals surface area contributed by atoms with Crippen molar-refractivity contribution in [3.05, 3.63) is 47.5 Å². The Labute approximate surface area is 224 Å². The molecule has 0 radical (unpaired) electrons. The number of benzene rings is 1. The lowest BCUT2D eigenvalue weighted by Gasteiger charge is -2.58. The molecule has 38 heavy (non-hydrogen) atoms. The molecule has 4 aliphatic carbocycles. The number of carbonyl (C=O) groups excluding carboxylic acids is 1. The number of nitrogens with zero attached hydrogens (tertiary/aromatic N) is 1. The first-order valence-electron chi connectivity index (χ1n) is 13.8. The summed E-state index contributed by atoms with van der Waals surface area (Å²) >= 11 is 0. The summed E-state index contributed by atoms with van der Waals surface area (Å²) in [6.45, 7) is 4.26. The molecule has 0 saturated heterocycles. The normalized spacial score (nSPS) is 37.6. The molecule has 4 aliphatic rings. The summed E-state index contributed by atoms with van der Waals surface area (Å²) in [5.41, 5.74) is 1.64. The minimum Gasteiger partial charge on any atom is -0.479 e. The predicted octanol–water partition coefficient (Wildman–Crippen LogP) is 4.63. The van der Waals surface area contributed by atoms with Gasteiger partial charge in [-0.05, 0) is 86.2 Å². The Kier molecular flexibility index (Phi) is 6.89. The Morgan fingerprint density at radius 1 is 1.13 bits per heavy atom. The number of terminal acetylenes is 1. The highest BCUT2D eigenvalue weighted by Crippen LogP contribution is 2.67. The first-order chi connectivity index (χ1) is 18.1. The van der Waals surface area contributed by atoms with E-state index < -0.39 is 23.5 Å². The number of amides is 1. The fourth-order valence-corrected chi connectivity index (χ4v) is 8.21. The first kappa shape index (κ1) is 26.5. The average molecular weight is 519 g/mol. The molecule has 1 aromatic carbocycles. The molecule has 7 atom stereocenters. The van der Waals surface area contributed by atoms with Crippen LogP contribution in [0, 0.1) is 40.9 Å². The Morgan fingerprint density at radius 2 is 1.87 bits per heavy atom. The van der Waals surface area contributed by atoms with E-state index in [0.717, 1.165) is 50.7 Å². The number of fused-ring (bicyclic) bond motifs is 5. The van der Waals surface area contributed by atoms with Crippen LogP contribution in [-0.4, -0.2) is 40.0 Å². The van der Waals surface area contributed by atoms with Crippen molar-refractivity contribution >= 4 is 17.6 Å². The van der Waals surface area contributed by atoms with Crippen LogP contribution in [0.5, 0.6) is 0 Å². The molecule has 0 bridgehead atoms. The molecule has 7 heteroatoms. The van der Waals surface area contributed by atoms with E-state index in [9.17, 15) is 19.8 Å². The van der Waals surface area contributed by atoms with E-state index in [1.807, 2.05) is 0 Å². The number of carboxylic acids is 1. The highest BCUT2D eigenvalue weighted by Gasteiger charge is 2.63. The zero-order valence-electron chi connectivity index (χ0n) is 22.3. The molecule has 3 N–H and O–H groups in total. The Hall–Kier alpha value is -3.11. The van der Waals surface area contributed by atoms with Gasteiger partial charge in [-0.2, -0.15) is 0 Å². The van der Waals surface area contributed by atoms with Gasteiger partial charge in [0.05, 0.1) is 5.71 Å². The third-order valence-electron chi connectivity index (χ3n) is 10.4. The maximum atomic E-state index is 12.4. The summed E-state index contributed by atoms with van der Waals surface area (Å²) in [6.07, 6.45) is 15.5. The van der Waals surface area contributed by atoms with Crippen LogP contribution in [0.1, 0.15) is 76.8 Å². The smallest absolute Gasteiger partial charge is 0.330 e. The monoisotopic (exact) mass is 518 g/mol. The molecule has 0 aromatic heterocycles. The number of nitrogens with one attached hydrogen (secondary N) is 1. The topological polar surface area (TPSA) is 108 Å². The van der Waals surface area contributed by atoms with Gasteiger partial charge in [0.15, 0.2) is 12.6 Å². The van der Waals surface area contributed by atoms with Gasteiger partial charge in [-0.1, -0.05) is 60.8 Å². The summed E-state index contributed by atoms with van der Waals surface area (Å²) in [4.78, 5) is 29.4. The highest BCUT2D eigenvalue weighted by atomic mass is 16.6. The standard InChI is InChI=1S/C31H38N2O5/c1-4-31(37)17-14-25-23-11-10-21-18-22(12-15-29(21,2)24(23)13-16-30(25,31)3)33-38-19-26(34)32-27(28(35)36)20-8-6-5-7-9-20/h1,5-9,18,23-25,27,37H,10-17,19H2,2-3H3,(H,32,34)(H,35,36)/b33-22+/t23-,24-,25-,27+,29+,30+,31-/m1/s1. The molecule has 0 spiro atoms. The van der Waals surface area contributed by atoms with Gasteiger partial charge in [0.2, 0.25) is 0 Å². The summed E-state index contributed by atoms with van der Waals surface area (Å²) in [6, 6.07) is 7.44. The minimum atomic E-state index is -1.14. The number of aliphatic carboxylic acids is 1. The van der Waals surface area contributed by atoms with Crippen molar-refractivity contribution in [2.75, 3.05) is 6.61 Å². The lowest BCUT2D eigenvalue weighted by atomic mass is 9.46. The SMILES string of the molecule is C#C[C@@]1(O)CC[C@@H]2[C@@H]3CCC4=C/C(=N/OCC(=O)N[C@H](C(=O)O)c5ccccc5)CC[C@]4(C)[C@@H]3CC[C@@]21C. The van der Waals surface area contributed by atoms with Crippen molar-refractivity contribution in [1.82, 2.24) is 5.32 Å². The summed E-state index contributed by atoms with van der Waals surface area (Å²) in [7, 11) is 0. The molecule has 0 heterocycles. The van der Waals surface area contributed by atoms with E-state index >= 15 is 0 Å². The van der Waals surface area contributed by atoms with Crippen molar-refractivity contribution in [3.8, 4) is 12.3 Å². The third kappa shape index (κ3) is 4.33. The van der Waals surface area contributed by atoms with Crippen LogP contribution < -0.4 is 5.32 Å². The van der Waals surface area contributed by atoms with Gasteiger partial charge in [0, 0.05) is 5.41 Å². The maximum absolute atomic E-state index is 12.4. The van der Waals surface area contributed by atoms with Crippen LogP contribution in [0.15, 0.2) is 47.1 Å². The largest absolute Gasteiger partial charge is 0.479 e. The molecule has 1 aromatic rings. The number of carbonyl (C=O) groups is 2. The number of hydrogen-bond acceptors (Lipinski definition) is 5. The highest BCUT2D eigenvalue weighted by molar-refractivity contribution is 5.96. The second-order valence-corrected chi connectivity index (χ2v) is 12.1. The van der Waals surface area contributed by atoms with Gasteiger partial charge < -0.3 is 20.4 Å². The Morgan fingerprint density at radius 3 is 2.58 bits per heavy atom. The molecular formula is C31H38N2O5. The fourth-order valence-electron chi connectivity index (χ4n) is 8.21. The van der Waals surface area contributed by atoms with Gasteiger partial charge >= 0.3 is 5.97 Å². The first-order valence-corrected chi connectivity index (χ1v) is 13.8. The molecule has 7 nitrogen and oxygen atoms in total. The number of oxime groups is 1. The molecular weight excluding hydrogens is 480 g/mol. The van der Waals surface area contributed by atoms with Crippen molar-refractivity contribution < 1.29 is 24.6 Å². The van der Waals surface area contributed by atoms with Gasteiger partial charge in [-0.25, -0.2) is 4.79 Å². The van der Waals surface area contributed by atoms with Gasteiger partial charge in [0.25, 0.3) is 5.91 Å². The predicted molar refractivity (Wildman–Crippen MR) is 144 cm³/mol. The summed E-state index contributed by atoms with van der Waals surface area (Å²) in [5, 5.41) is 27.5. The third-order valence-corrected chi connectivity index (χ3v) is 10.4. The molecule has 202 valence electrons. The molecule has 1 amide bonds. The van der Waals surface area contributed by atoms with Crippen LogP contribution in [0.25, 0.3) is 0 Å². The van der Waals surface area contributed by atoms with E-state index in [2.05, 4.69) is 36.3 Å². The van der Waals surface area contributed by atoms with Crippen LogP contribution in [0.2, 0.25) is 0 Å². The molecule has 3 saturated carbocycles. The average Bonchev–Trinajstić information content (AvgIpc) is 3.18. The van der Waals surface area contributed by atoms with Crippen LogP contribution in [0.3, 0.4) is 0 Å². The van der Waals surface area contributed by atoms with Crippen LogP contribution >= 0.6 is 0 Å². The van der Waals surface area contributed by atoms with Crippen molar-refractivity contribution in [2.45, 2.75) is 76.9 Å².